The van der Waals surface area contributed by atoms with Crippen LogP contribution in [-0.4, -0.2) is 46.8 Å². The Morgan fingerprint density at radius 2 is 2.06 bits per heavy atom. The van der Waals surface area contributed by atoms with E-state index in [1.165, 1.54) is 19.4 Å². The number of amidine groups is 1. The highest BCUT2D eigenvalue weighted by Gasteiger charge is 2.54. The lowest BCUT2D eigenvalue weighted by molar-refractivity contribution is 0.375. The molecule has 0 saturated carbocycles. The number of aliphatic imine (C=N–C) groups is 1. The van der Waals surface area contributed by atoms with Gasteiger partial charge >= 0.3 is 0 Å². The number of halogens is 1. The lowest BCUT2D eigenvalue weighted by atomic mass is 9.84. The number of nitrogens with zero attached hydrogens (tertiary/aromatic N) is 4. The van der Waals surface area contributed by atoms with E-state index in [0.29, 0.717) is 47.7 Å². The Morgan fingerprint density at radius 1 is 1.24 bits per heavy atom. The number of methoxy groups -OCH3 is 1. The number of rotatable bonds is 4. The first kappa shape index (κ1) is 21.5. The number of ether oxygens (including phenoxy) is 1. The molecule has 1 fully saturated rings. The predicted octanol–water partition coefficient (Wildman–Crippen LogP) is 2.84. The molecular weight excluding hydrogens is 447 g/mol. The Balaban J connectivity index is 1.58. The van der Waals surface area contributed by atoms with Crippen LogP contribution in [-0.2, 0) is 15.4 Å². The summed E-state index contributed by atoms with van der Waals surface area (Å²) in [5.74, 6) is 0.291. The number of aromatic nitrogens is 3. The molecular formula is C22H23FN6O3S. The van der Waals surface area contributed by atoms with Crippen LogP contribution in [0.4, 0.5) is 15.9 Å². The first-order valence-corrected chi connectivity index (χ1v) is 12.2. The van der Waals surface area contributed by atoms with Crippen LogP contribution in [0.1, 0.15) is 31.7 Å². The largest absolute Gasteiger partial charge is 0.480 e. The minimum absolute atomic E-state index is 0.0474. The molecule has 0 unspecified atom stereocenters. The summed E-state index contributed by atoms with van der Waals surface area (Å²) >= 11 is 0. The Labute approximate surface area is 190 Å². The number of nitrogens with two attached hydrogens (primary N) is 1. The summed E-state index contributed by atoms with van der Waals surface area (Å²) < 4.78 is 46.5. The molecule has 1 aromatic carbocycles. The Morgan fingerprint density at radius 3 is 2.85 bits per heavy atom. The van der Waals surface area contributed by atoms with Crippen molar-refractivity contribution in [3.63, 3.8) is 0 Å². The molecule has 9 nitrogen and oxygen atoms in total. The Bertz CT molecular complexity index is 1400. The highest BCUT2D eigenvalue weighted by Crippen LogP contribution is 2.46. The maximum absolute atomic E-state index is 15.1. The highest BCUT2D eigenvalue weighted by atomic mass is 32.2. The molecule has 4 heterocycles. The summed E-state index contributed by atoms with van der Waals surface area (Å²) in [5, 5.41) is 1.52. The molecule has 2 aromatic heterocycles. The smallest absolute Gasteiger partial charge is 0.232 e. The third-order valence-electron chi connectivity index (χ3n) is 6.47. The number of benzene rings is 1. The molecule has 1 saturated heterocycles. The van der Waals surface area contributed by atoms with Gasteiger partial charge in [-0.25, -0.2) is 27.8 Å². The van der Waals surface area contributed by atoms with Crippen LogP contribution in [0.3, 0.4) is 0 Å². The van der Waals surface area contributed by atoms with Gasteiger partial charge in [0.25, 0.3) is 0 Å². The number of anilines is 2. The third-order valence-corrected chi connectivity index (χ3v) is 9.22. The minimum atomic E-state index is -3.58. The molecule has 0 spiro atoms. The van der Waals surface area contributed by atoms with Gasteiger partial charge in [-0.2, -0.15) is 0 Å². The molecule has 0 aliphatic carbocycles. The van der Waals surface area contributed by atoms with Gasteiger partial charge in [0.2, 0.25) is 5.88 Å². The van der Waals surface area contributed by atoms with Crippen LogP contribution in [0.2, 0.25) is 0 Å². The first-order chi connectivity index (χ1) is 15.7. The molecule has 33 heavy (non-hydrogen) atoms. The van der Waals surface area contributed by atoms with E-state index in [1.807, 2.05) is 0 Å². The minimum Gasteiger partial charge on any atom is -0.480 e. The van der Waals surface area contributed by atoms with Gasteiger partial charge in [0.1, 0.15) is 28.0 Å². The van der Waals surface area contributed by atoms with Crippen molar-refractivity contribution in [2.45, 2.75) is 42.2 Å². The fourth-order valence-corrected chi connectivity index (χ4v) is 7.42. The average Bonchev–Trinajstić information content (AvgIpc) is 2.78. The van der Waals surface area contributed by atoms with Crippen molar-refractivity contribution in [3.8, 4) is 5.88 Å². The van der Waals surface area contributed by atoms with Crippen LogP contribution in [0.15, 0.2) is 41.7 Å². The van der Waals surface area contributed by atoms with E-state index >= 15 is 4.39 Å². The van der Waals surface area contributed by atoms with Crippen LogP contribution >= 0.6 is 0 Å². The molecule has 11 heteroatoms. The van der Waals surface area contributed by atoms with Gasteiger partial charge in [-0.15, -0.1) is 0 Å². The molecule has 2 aliphatic heterocycles. The molecule has 2 aliphatic rings. The quantitative estimate of drug-likeness (QED) is 0.595. The summed E-state index contributed by atoms with van der Waals surface area (Å²) in [4.78, 5) is 17.6. The number of nitrogens with one attached hydrogen (secondary N) is 1. The van der Waals surface area contributed by atoms with E-state index in [2.05, 4.69) is 25.3 Å². The van der Waals surface area contributed by atoms with E-state index in [-0.39, 0.29) is 11.4 Å². The first-order valence-electron chi connectivity index (χ1n) is 10.5. The van der Waals surface area contributed by atoms with Crippen molar-refractivity contribution in [1.82, 2.24) is 15.0 Å². The zero-order valence-electron chi connectivity index (χ0n) is 18.1. The van der Waals surface area contributed by atoms with E-state index < -0.39 is 31.7 Å². The second-order valence-corrected chi connectivity index (χ2v) is 10.8. The van der Waals surface area contributed by atoms with Gasteiger partial charge in [-0.05, 0) is 44.0 Å². The average molecular weight is 471 g/mol. The number of hydrogen-bond acceptors (Lipinski definition) is 9. The van der Waals surface area contributed by atoms with Crippen molar-refractivity contribution in [2.24, 2.45) is 10.7 Å². The summed E-state index contributed by atoms with van der Waals surface area (Å²) in [5.41, 5.74) is 6.49. The summed E-state index contributed by atoms with van der Waals surface area (Å²) in [6.45, 7) is 1.64. The normalized spacial score (nSPS) is 26.0. The molecule has 3 atom stereocenters. The monoisotopic (exact) mass is 470 g/mol. The van der Waals surface area contributed by atoms with E-state index in [1.54, 1.807) is 31.3 Å². The number of pyridine rings is 1. The van der Waals surface area contributed by atoms with E-state index in [0.717, 1.165) is 0 Å². The van der Waals surface area contributed by atoms with Crippen molar-refractivity contribution in [1.29, 1.82) is 0 Å². The Kier molecular flexibility index (Phi) is 4.96. The molecule has 0 radical (unpaired) electrons. The van der Waals surface area contributed by atoms with E-state index in [4.69, 9.17) is 10.5 Å². The lowest BCUT2D eigenvalue weighted by Crippen LogP contribution is -2.57. The van der Waals surface area contributed by atoms with Gasteiger partial charge in [-0.3, -0.25) is 4.99 Å². The zero-order valence-corrected chi connectivity index (χ0v) is 18.9. The summed E-state index contributed by atoms with van der Waals surface area (Å²) in [7, 11) is -2.07. The van der Waals surface area contributed by atoms with Crippen molar-refractivity contribution < 1.29 is 17.5 Å². The molecule has 0 amide bonds. The molecule has 172 valence electrons. The number of sulfone groups is 1. The van der Waals surface area contributed by atoms with Gasteiger partial charge in [0.15, 0.2) is 15.7 Å². The van der Waals surface area contributed by atoms with Crippen LogP contribution in [0, 0.1) is 5.82 Å². The fraction of sp³-hybridized carbons (Fsp3) is 0.364. The standard InChI is InChI=1S/C22H23FN6O3S/c1-22(17-5-3-4-16(20(24)29-22)33(17,30)31)13-10-12(6-7-14(13)23)27-21-19-15(8-9-25-21)28-18(32-2)11-26-19/h6-11,16-17H,3-5H2,1-2H3,(H2,24,29)(H,25,27)/t16-,17-,22-/m1/s1. The maximum Gasteiger partial charge on any atom is 0.232 e. The molecule has 2 bridgehead atoms. The van der Waals surface area contributed by atoms with Crippen LogP contribution in [0.5, 0.6) is 5.88 Å². The number of fused-ring (bicyclic) bond motifs is 3. The van der Waals surface area contributed by atoms with Gasteiger partial charge < -0.3 is 15.8 Å². The molecule has 3 N–H and O–H groups in total. The SMILES string of the molecule is COc1cnc2c(Nc3ccc(F)c([C@@]4(C)N=C(N)[C@H]5CCC[C@H]4S5(=O)=O)c3)nccc2n1. The van der Waals surface area contributed by atoms with Crippen LogP contribution in [0.25, 0.3) is 11.0 Å². The second kappa shape index (κ2) is 7.62. The zero-order chi connectivity index (χ0) is 23.4. The van der Waals surface area contributed by atoms with Gasteiger partial charge in [0.05, 0.1) is 24.1 Å². The summed E-state index contributed by atoms with van der Waals surface area (Å²) in [6.07, 6.45) is 4.61. The van der Waals surface area contributed by atoms with Crippen molar-refractivity contribution >= 4 is 38.2 Å². The lowest BCUT2D eigenvalue weighted by Gasteiger charge is -2.44. The second-order valence-electron chi connectivity index (χ2n) is 8.44. The van der Waals surface area contributed by atoms with E-state index in [9.17, 15) is 8.42 Å². The maximum atomic E-state index is 15.1. The van der Waals surface area contributed by atoms with Gasteiger partial charge in [0, 0.05) is 17.4 Å². The topological polar surface area (TPSA) is 132 Å². The highest BCUT2D eigenvalue weighted by molar-refractivity contribution is 7.93. The third kappa shape index (κ3) is 3.38. The Hall–Kier alpha value is -3.34. The summed E-state index contributed by atoms with van der Waals surface area (Å²) in [6, 6.07) is 6.11. The molecule has 3 aromatic rings. The fourth-order valence-electron chi connectivity index (χ4n) is 4.82. The van der Waals surface area contributed by atoms with Crippen LogP contribution < -0.4 is 15.8 Å². The van der Waals surface area contributed by atoms with Crippen molar-refractivity contribution in [2.75, 3.05) is 12.4 Å². The van der Waals surface area contributed by atoms with Crippen molar-refractivity contribution in [3.05, 3.63) is 48.0 Å². The predicted molar refractivity (Wildman–Crippen MR) is 123 cm³/mol. The number of hydrogen-bond donors (Lipinski definition) is 2. The van der Waals surface area contributed by atoms with Gasteiger partial charge in [-0.1, -0.05) is 6.42 Å². The molecule has 5 rings (SSSR count).